The number of aromatic hydroxyl groups is 1. The minimum absolute atomic E-state index is 0.0325. The van der Waals surface area contributed by atoms with E-state index in [1.54, 1.807) is 6.07 Å². The molecule has 4 aliphatic rings. The quantitative estimate of drug-likeness (QED) is 0.134. The van der Waals surface area contributed by atoms with Crippen molar-refractivity contribution in [3.63, 3.8) is 0 Å². The molecule has 0 radical (unpaired) electrons. The highest BCUT2D eigenvalue weighted by Gasteiger charge is 2.40. The molecule has 3 aromatic carbocycles. The fraction of sp³-hybridized carbons (Fsp3) is 0.435. The molecule has 2 saturated heterocycles. The average molecular weight is 851 g/mol. The lowest BCUT2D eigenvalue weighted by Gasteiger charge is -2.46. The molecule has 4 heterocycles. The predicted octanol–water partition coefficient (Wildman–Crippen LogP) is 7.98. The first-order valence-corrected chi connectivity index (χ1v) is 21.5. The Morgan fingerprint density at radius 3 is 2.34 bits per heavy atom. The van der Waals surface area contributed by atoms with Crippen molar-refractivity contribution < 1.29 is 37.5 Å². The molecule has 324 valence electrons. The number of nitrogens with one attached hydrogen (secondary N) is 2. The molecule has 2 saturated carbocycles. The van der Waals surface area contributed by atoms with Gasteiger partial charge in [-0.1, -0.05) is 18.2 Å². The molecule has 0 atom stereocenters. The van der Waals surface area contributed by atoms with Crippen molar-refractivity contribution in [1.29, 1.82) is 0 Å². The van der Waals surface area contributed by atoms with Crippen molar-refractivity contribution in [2.24, 2.45) is 11.3 Å². The molecule has 9 rings (SSSR count). The van der Waals surface area contributed by atoms with Crippen LogP contribution >= 0.6 is 0 Å². The molecule has 1 spiro atoms. The number of amides is 5. The highest BCUT2D eigenvalue weighted by Crippen LogP contribution is 2.48. The number of carbonyl (C=O) groups is 4. The second-order valence-corrected chi connectivity index (χ2v) is 17.6. The number of rotatable bonds is 8. The summed E-state index contributed by atoms with van der Waals surface area (Å²) in [5.41, 5.74) is 4.45. The Morgan fingerprint density at radius 2 is 1.60 bits per heavy atom. The van der Waals surface area contributed by atoms with Crippen LogP contribution in [0.1, 0.15) is 109 Å². The topological polar surface area (TPSA) is 155 Å². The first-order chi connectivity index (χ1) is 29.8. The van der Waals surface area contributed by atoms with Gasteiger partial charge in [-0.25, -0.2) is 13.6 Å². The summed E-state index contributed by atoms with van der Waals surface area (Å²) in [4.78, 5) is 53.8. The number of imide groups is 1. The van der Waals surface area contributed by atoms with Crippen LogP contribution in [0.2, 0.25) is 0 Å². The number of likely N-dealkylation sites (tertiary alicyclic amines) is 1. The number of aromatic nitrogens is 4. The molecule has 2 aromatic heterocycles. The van der Waals surface area contributed by atoms with Crippen LogP contribution in [-0.2, 0) is 4.79 Å². The fourth-order valence-electron chi connectivity index (χ4n) is 9.96. The normalized spacial score (nSPS) is 20.8. The maximum atomic E-state index is 14.2. The summed E-state index contributed by atoms with van der Waals surface area (Å²) in [5, 5.41) is 25.0. The van der Waals surface area contributed by atoms with Crippen LogP contribution in [-0.4, -0.2) is 79.5 Å². The molecule has 5 aromatic rings. The van der Waals surface area contributed by atoms with Gasteiger partial charge < -0.3 is 15.3 Å². The Kier molecular flexibility index (Phi) is 11.0. The number of fused-ring (bicyclic) bond motifs is 1. The van der Waals surface area contributed by atoms with Gasteiger partial charge in [0.2, 0.25) is 11.7 Å². The molecule has 5 amide bonds. The number of carbonyl (C=O) groups excluding carboxylic acids is 4. The summed E-state index contributed by atoms with van der Waals surface area (Å²) in [6, 6.07) is 12.2. The van der Waals surface area contributed by atoms with E-state index in [1.165, 1.54) is 4.90 Å². The number of benzene rings is 3. The monoisotopic (exact) mass is 850 g/mol. The van der Waals surface area contributed by atoms with E-state index in [0.717, 1.165) is 91.8 Å². The van der Waals surface area contributed by atoms with Gasteiger partial charge in [0.25, 0.3) is 11.8 Å². The van der Waals surface area contributed by atoms with Crippen LogP contribution in [0.25, 0.3) is 22.0 Å². The lowest BCUT2D eigenvalue weighted by molar-refractivity contribution is -0.120. The summed E-state index contributed by atoms with van der Waals surface area (Å²) in [6.07, 6.45) is 15.7. The minimum Gasteiger partial charge on any atom is -0.503 e. The number of hydrogen-bond donors (Lipinski definition) is 3. The zero-order chi connectivity index (χ0) is 43.3. The Bertz CT molecular complexity index is 2560. The fourth-order valence-corrected chi connectivity index (χ4v) is 9.96. The molecule has 0 unspecified atom stereocenters. The zero-order valence-electron chi connectivity index (χ0n) is 34.5. The van der Waals surface area contributed by atoms with Crippen LogP contribution in [0.3, 0.4) is 0 Å². The molecule has 62 heavy (non-hydrogen) atoms. The van der Waals surface area contributed by atoms with Gasteiger partial charge in [0.1, 0.15) is 0 Å². The van der Waals surface area contributed by atoms with Gasteiger partial charge in [0.15, 0.2) is 17.4 Å². The first-order valence-electron chi connectivity index (χ1n) is 21.5. The van der Waals surface area contributed by atoms with Crippen molar-refractivity contribution in [2.75, 3.05) is 31.1 Å². The molecule has 13 nitrogen and oxygen atoms in total. The summed E-state index contributed by atoms with van der Waals surface area (Å²) in [7, 11) is 0. The standard InChI is InChI=1S/C46H49F3N8O5/c1-27-2-5-30(21-38(27)55-17-12-39(58)52-45(55)62)44(61)54-18-15-46(16-19-54)13-10-34(11-14-46)56-26-32(24-51-56)29-6-7-31-25-57(53-37(31)20-29)33-8-3-28(4-9-33)23-50-43(60)35-22-36(47)42(59)41(49)40(35)48/h2,5-7,20-22,24-26,28,33-34,59H,3-4,8-19,23H2,1H3,(H,50,60)(H,52,58,62)/t28-,33-. The number of phenols is 1. The molecule has 2 aliphatic heterocycles. The summed E-state index contributed by atoms with van der Waals surface area (Å²) in [5.74, 6) is -7.35. The van der Waals surface area contributed by atoms with Crippen LogP contribution < -0.4 is 15.5 Å². The maximum absolute atomic E-state index is 14.2. The van der Waals surface area contributed by atoms with Crippen molar-refractivity contribution >= 4 is 40.3 Å². The number of halogens is 3. The van der Waals surface area contributed by atoms with E-state index >= 15 is 0 Å². The molecule has 3 N–H and O–H groups in total. The number of nitrogens with zero attached hydrogens (tertiary/aromatic N) is 6. The minimum atomic E-state index is -1.78. The number of urea groups is 1. The van der Waals surface area contributed by atoms with E-state index in [-0.39, 0.29) is 48.7 Å². The maximum Gasteiger partial charge on any atom is 0.328 e. The Labute approximate surface area is 356 Å². The highest BCUT2D eigenvalue weighted by atomic mass is 19.2. The zero-order valence-corrected chi connectivity index (χ0v) is 34.5. The lowest BCUT2D eigenvalue weighted by atomic mass is 9.67. The van der Waals surface area contributed by atoms with Crippen LogP contribution in [0.15, 0.2) is 61.1 Å². The number of aryl methyl sites for hydroxylation is 1. The number of piperidine rings is 1. The third kappa shape index (κ3) is 8.02. The Balaban J connectivity index is 0.758. The largest absolute Gasteiger partial charge is 0.503 e. The van der Waals surface area contributed by atoms with Crippen molar-refractivity contribution in [1.82, 2.24) is 35.1 Å². The third-order valence-corrected chi connectivity index (χ3v) is 13.9. The average Bonchev–Trinajstić information content (AvgIpc) is 3.95. The molecule has 2 aliphatic carbocycles. The van der Waals surface area contributed by atoms with E-state index in [1.807, 2.05) is 34.8 Å². The summed E-state index contributed by atoms with van der Waals surface area (Å²) in [6.45, 7) is 3.80. The van der Waals surface area contributed by atoms with Gasteiger partial charge in [-0.3, -0.25) is 34.0 Å². The predicted molar refractivity (Wildman–Crippen MR) is 224 cm³/mol. The van der Waals surface area contributed by atoms with Gasteiger partial charge >= 0.3 is 6.03 Å². The van der Waals surface area contributed by atoms with Gasteiger partial charge in [-0.2, -0.15) is 14.6 Å². The highest BCUT2D eigenvalue weighted by molar-refractivity contribution is 6.06. The number of hydrogen-bond acceptors (Lipinski definition) is 7. The van der Waals surface area contributed by atoms with Crippen LogP contribution in [0.5, 0.6) is 5.75 Å². The van der Waals surface area contributed by atoms with Crippen molar-refractivity contribution in [3.8, 4) is 16.9 Å². The van der Waals surface area contributed by atoms with Gasteiger partial charge in [-0.05, 0) is 118 Å². The molecule has 0 bridgehead atoms. The SMILES string of the molecule is Cc1ccc(C(=O)N2CCC3(CCC(n4cc(-c5ccc6cn([C@H]7CC[C@H](CNC(=O)c8cc(F)c(O)c(F)c8F)CC7)nc6c5)cn4)CC3)CC2)cc1N1CCC(=O)NC1=O. The van der Waals surface area contributed by atoms with Crippen molar-refractivity contribution in [2.45, 2.75) is 89.6 Å². The van der Waals surface area contributed by atoms with E-state index in [4.69, 9.17) is 10.2 Å². The lowest BCUT2D eigenvalue weighted by Crippen LogP contribution is -2.50. The summed E-state index contributed by atoms with van der Waals surface area (Å²) < 4.78 is 45.8. The van der Waals surface area contributed by atoms with Crippen molar-refractivity contribution in [3.05, 3.63) is 95.2 Å². The van der Waals surface area contributed by atoms with Crippen LogP contribution in [0, 0.1) is 35.7 Å². The molecule has 4 fully saturated rings. The molecule has 16 heteroatoms. The van der Waals surface area contributed by atoms with Crippen LogP contribution in [0.4, 0.5) is 23.7 Å². The number of phenolic OH excluding ortho intramolecular Hbond substituents is 1. The second-order valence-electron chi connectivity index (χ2n) is 17.6. The summed E-state index contributed by atoms with van der Waals surface area (Å²) >= 11 is 0. The smallest absolute Gasteiger partial charge is 0.328 e. The van der Waals surface area contributed by atoms with E-state index in [9.17, 15) is 37.5 Å². The van der Waals surface area contributed by atoms with Gasteiger partial charge in [0.05, 0.1) is 29.4 Å². The van der Waals surface area contributed by atoms with E-state index < -0.39 is 40.7 Å². The Hall–Kier alpha value is -6.19. The van der Waals surface area contributed by atoms with Gasteiger partial charge in [-0.15, -0.1) is 0 Å². The van der Waals surface area contributed by atoms with E-state index in [2.05, 4.69) is 45.9 Å². The van der Waals surface area contributed by atoms with E-state index in [0.29, 0.717) is 36.4 Å². The van der Waals surface area contributed by atoms with Gasteiger partial charge in [0, 0.05) is 67.2 Å². The second kappa shape index (κ2) is 16.6. The molecular weight excluding hydrogens is 802 g/mol. The Morgan fingerprint density at radius 1 is 0.855 bits per heavy atom. The third-order valence-electron chi connectivity index (χ3n) is 13.9. The first kappa shape index (κ1) is 41.2. The molecular formula is C46H49F3N8O5. The number of anilines is 1.